The van der Waals surface area contributed by atoms with Gasteiger partial charge in [-0.3, -0.25) is 9.59 Å². The first-order chi connectivity index (χ1) is 12.7. The number of benzene rings is 2. The Bertz CT molecular complexity index is 774. The van der Waals surface area contributed by atoms with Crippen molar-refractivity contribution in [2.24, 2.45) is 0 Å². The second-order valence-corrected chi connectivity index (χ2v) is 6.12. The van der Waals surface area contributed by atoms with Gasteiger partial charge in [0.15, 0.2) is 0 Å². The number of ether oxygens (including phenoxy) is 1. The van der Waals surface area contributed by atoms with E-state index in [4.69, 9.17) is 4.74 Å². The van der Waals surface area contributed by atoms with E-state index in [0.717, 1.165) is 35.8 Å². The van der Waals surface area contributed by atoms with E-state index in [1.807, 2.05) is 48.5 Å². The first-order valence-corrected chi connectivity index (χ1v) is 8.74. The molecule has 3 rings (SSSR count). The van der Waals surface area contributed by atoms with E-state index < -0.39 is 0 Å². The van der Waals surface area contributed by atoms with Crippen molar-refractivity contribution in [2.75, 3.05) is 35.7 Å². The number of amides is 2. The van der Waals surface area contributed by atoms with E-state index in [0.29, 0.717) is 19.4 Å². The van der Waals surface area contributed by atoms with Crippen molar-refractivity contribution in [3.63, 3.8) is 0 Å². The molecule has 0 radical (unpaired) electrons. The summed E-state index contributed by atoms with van der Waals surface area (Å²) in [6.07, 6.45) is 1.85. The van der Waals surface area contributed by atoms with E-state index in [1.54, 1.807) is 12.0 Å². The summed E-state index contributed by atoms with van der Waals surface area (Å²) in [6.45, 7) is 1.27. The Hall–Kier alpha value is -3.02. The average molecular weight is 353 g/mol. The lowest BCUT2D eigenvalue weighted by atomic mass is 10.2. The van der Waals surface area contributed by atoms with Gasteiger partial charge in [0.25, 0.3) is 0 Å². The summed E-state index contributed by atoms with van der Waals surface area (Å²) >= 11 is 0. The zero-order valence-corrected chi connectivity index (χ0v) is 14.8. The van der Waals surface area contributed by atoms with Crippen molar-refractivity contribution in [1.29, 1.82) is 0 Å². The maximum absolute atomic E-state index is 12.1. The number of carbonyl (C=O) groups is 2. The predicted molar refractivity (Wildman–Crippen MR) is 103 cm³/mol. The van der Waals surface area contributed by atoms with Crippen LogP contribution in [0.2, 0.25) is 0 Å². The number of hydrogen-bond donors (Lipinski definition) is 2. The lowest BCUT2D eigenvalue weighted by molar-refractivity contribution is -0.117. The first kappa shape index (κ1) is 17.8. The molecule has 0 saturated carbocycles. The lowest BCUT2D eigenvalue weighted by Gasteiger charge is -2.16. The van der Waals surface area contributed by atoms with Gasteiger partial charge in [0.2, 0.25) is 11.8 Å². The molecule has 0 aromatic heterocycles. The normalized spacial score (nSPS) is 13.6. The predicted octanol–water partition coefficient (Wildman–Crippen LogP) is 3.26. The highest BCUT2D eigenvalue weighted by atomic mass is 16.5. The summed E-state index contributed by atoms with van der Waals surface area (Å²) in [7, 11) is 1.62. The van der Waals surface area contributed by atoms with Crippen molar-refractivity contribution < 1.29 is 14.3 Å². The largest absolute Gasteiger partial charge is 0.495 e. The third-order valence-electron chi connectivity index (χ3n) is 4.31. The van der Waals surface area contributed by atoms with Crippen molar-refractivity contribution in [2.45, 2.75) is 19.3 Å². The highest BCUT2D eigenvalue weighted by molar-refractivity contribution is 5.96. The molecule has 26 heavy (non-hydrogen) atoms. The SMILES string of the molecule is COc1ccccc1NCCC(=O)Nc1ccc(N2CCCC2=O)cc1. The minimum Gasteiger partial charge on any atom is -0.495 e. The molecule has 0 atom stereocenters. The van der Waals surface area contributed by atoms with Crippen LogP contribution in [-0.2, 0) is 9.59 Å². The number of carbonyl (C=O) groups excluding carboxylic acids is 2. The summed E-state index contributed by atoms with van der Waals surface area (Å²) < 4.78 is 5.27. The van der Waals surface area contributed by atoms with E-state index in [1.165, 1.54) is 0 Å². The number of nitrogens with one attached hydrogen (secondary N) is 2. The number of methoxy groups -OCH3 is 1. The summed E-state index contributed by atoms with van der Waals surface area (Å²) in [5.74, 6) is 0.835. The minimum absolute atomic E-state index is 0.0719. The van der Waals surface area contributed by atoms with Crippen LogP contribution >= 0.6 is 0 Å². The second-order valence-electron chi connectivity index (χ2n) is 6.12. The molecule has 6 nitrogen and oxygen atoms in total. The molecule has 136 valence electrons. The van der Waals surface area contributed by atoms with Gasteiger partial charge >= 0.3 is 0 Å². The Kier molecular flexibility index (Phi) is 5.73. The topological polar surface area (TPSA) is 70.7 Å². The average Bonchev–Trinajstić information content (AvgIpc) is 3.09. The number of hydrogen-bond acceptors (Lipinski definition) is 4. The van der Waals surface area contributed by atoms with Crippen LogP contribution in [0.15, 0.2) is 48.5 Å². The molecule has 0 aliphatic carbocycles. The van der Waals surface area contributed by atoms with Crippen LogP contribution in [0.3, 0.4) is 0 Å². The molecule has 2 amide bonds. The van der Waals surface area contributed by atoms with Crippen LogP contribution in [0.1, 0.15) is 19.3 Å². The Labute approximate surface area is 153 Å². The van der Waals surface area contributed by atoms with Crippen LogP contribution in [-0.4, -0.2) is 32.0 Å². The number of rotatable bonds is 7. The van der Waals surface area contributed by atoms with Gasteiger partial charge in [0, 0.05) is 37.3 Å². The van der Waals surface area contributed by atoms with Crippen molar-refractivity contribution >= 4 is 28.9 Å². The minimum atomic E-state index is -0.0719. The van der Waals surface area contributed by atoms with Gasteiger partial charge in [-0.15, -0.1) is 0 Å². The van der Waals surface area contributed by atoms with Gasteiger partial charge in [0.1, 0.15) is 5.75 Å². The quantitative estimate of drug-likeness (QED) is 0.801. The summed E-state index contributed by atoms with van der Waals surface area (Å²) in [4.78, 5) is 25.6. The molecule has 1 aliphatic heterocycles. The molecule has 1 saturated heterocycles. The van der Waals surface area contributed by atoms with Crippen LogP contribution in [0.25, 0.3) is 0 Å². The molecule has 0 spiro atoms. The van der Waals surface area contributed by atoms with Crippen LogP contribution in [0, 0.1) is 0 Å². The molecule has 1 aliphatic rings. The van der Waals surface area contributed by atoms with E-state index in [2.05, 4.69) is 10.6 Å². The second kappa shape index (κ2) is 8.38. The molecule has 6 heteroatoms. The third kappa shape index (κ3) is 4.33. The van der Waals surface area contributed by atoms with Crippen LogP contribution in [0.4, 0.5) is 17.1 Å². The number of para-hydroxylation sites is 2. The molecule has 1 heterocycles. The lowest BCUT2D eigenvalue weighted by Crippen LogP contribution is -2.23. The van der Waals surface area contributed by atoms with Crippen molar-refractivity contribution in [3.8, 4) is 5.75 Å². The first-order valence-electron chi connectivity index (χ1n) is 8.74. The summed E-state index contributed by atoms with van der Waals surface area (Å²) in [5.41, 5.74) is 2.47. The number of anilines is 3. The van der Waals surface area contributed by atoms with Gasteiger partial charge in [-0.05, 0) is 42.8 Å². The molecular formula is C20H23N3O3. The molecule has 2 aromatic carbocycles. The molecule has 1 fully saturated rings. The fourth-order valence-corrected chi connectivity index (χ4v) is 2.97. The van der Waals surface area contributed by atoms with Gasteiger partial charge in [-0.1, -0.05) is 12.1 Å². The fraction of sp³-hybridized carbons (Fsp3) is 0.300. The van der Waals surface area contributed by atoms with Gasteiger partial charge in [-0.2, -0.15) is 0 Å². The molecular weight excluding hydrogens is 330 g/mol. The summed E-state index contributed by atoms with van der Waals surface area (Å²) in [6, 6.07) is 15.0. The highest BCUT2D eigenvalue weighted by Gasteiger charge is 2.21. The fourth-order valence-electron chi connectivity index (χ4n) is 2.97. The zero-order valence-electron chi connectivity index (χ0n) is 14.8. The smallest absolute Gasteiger partial charge is 0.227 e. The Morgan fingerprint density at radius 1 is 1.15 bits per heavy atom. The Morgan fingerprint density at radius 2 is 1.92 bits per heavy atom. The maximum Gasteiger partial charge on any atom is 0.227 e. The molecule has 0 unspecified atom stereocenters. The highest BCUT2D eigenvalue weighted by Crippen LogP contribution is 2.24. The van der Waals surface area contributed by atoms with Crippen molar-refractivity contribution in [1.82, 2.24) is 0 Å². The third-order valence-corrected chi connectivity index (χ3v) is 4.31. The molecule has 0 bridgehead atoms. The van der Waals surface area contributed by atoms with Gasteiger partial charge in [-0.25, -0.2) is 0 Å². The van der Waals surface area contributed by atoms with Gasteiger partial charge < -0.3 is 20.3 Å². The Balaban J connectivity index is 1.48. The molecule has 2 aromatic rings. The molecule has 2 N–H and O–H groups in total. The zero-order chi connectivity index (χ0) is 18.4. The van der Waals surface area contributed by atoms with Crippen LogP contribution < -0.4 is 20.3 Å². The Morgan fingerprint density at radius 3 is 2.62 bits per heavy atom. The van der Waals surface area contributed by atoms with E-state index in [-0.39, 0.29) is 11.8 Å². The summed E-state index contributed by atoms with van der Waals surface area (Å²) in [5, 5.41) is 6.07. The number of nitrogens with zero attached hydrogens (tertiary/aromatic N) is 1. The maximum atomic E-state index is 12.1. The van der Waals surface area contributed by atoms with E-state index >= 15 is 0 Å². The monoisotopic (exact) mass is 353 g/mol. The standard InChI is InChI=1S/C20H23N3O3/c1-26-18-6-3-2-5-17(18)21-13-12-19(24)22-15-8-10-16(11-9-15)23-14-4-7-20(23)25/h2-3,5-6,8-11,21H,4,7,12-14H2,1H3,(H,22,24). The van der Waals surface area contributed by atoms with Gasteiger partial charge in [0.05, 0.1) is 12.8 Å². The van der Waals surface area contributed by atoms with Crippen LogP contribution in [0.5, 0.6) is 5.75 Å². The van der Waals surface area contributed by atoms with E-state index in [9.17, 15) is 9.59 Å². The van der Waals surface area contributed by atoms with Crippen molar-refractivity contribution in [3.05, 3.63) is 48.5 Å².